The van der Waals surface area contributed by atoms with E-state index in [-0.39, 0.29) is 32.7 Å². The molecule has 4 N–H and O–H groups in total. The largest absolute Gasteiger partial charge is 0.418 e. The van der Waals surface area contributed by atoms with Crippen LogP contribution in [0.1, 0.15) is 10.4 Å². The molecule has 3 aromatic carbocycles. The van der Waals surface area contributed by atoms with E-state index in [4.69, 9.17) is 4.74 Å². The molecule has 1 aliphatic rings. The van der Waals surface area contributed by atoms with E-state index < -0.39 is 21.8 Å². The van der Waals surface area contributed by atoms with Gasteiger partial charge in [-0.05, 0) is 61.6 Å². The molecular weight excluding hydrogens is 570 g/mol. The molecule has 3 heterocycles. The molecular formula is C30H29N7O5S. The van der Waals surface area contributed by atoms with Gasteiger partial charge in [-0.3, -0.25) is 15.2 Å². The van der Waals surface area contributed by atoms with Crippen molar-refractivity contribution >= 4 is 49.9 Å². The zero-order valence-corrected chi connectivity index (χ0v) is 24.0. The summed E-state index contributed by atoms with van der Waals surface area (Å²) in [6, 6.07) is 21.2. The van der Waals surface area contributed by atoms with E-state index in [9.17, 15) is 18.0 Å². The summed E-state index contributed by atoms with van der Waals surface area (Å²) in [4.78, 5) is 33.8. The number of aromatic amines is 2. The number of fused-ring (bicyclic) bond motifs is 1. The first kappa shape index (κ1) is 28.0. The van der Waals surface area contributed by atoms with Crippen LogP contribution < -0.4 is 20.3 Å². The van der Waals surface area contributed by atoms with Crippen LogP contribution in [0.3, 0.4) is 0 Å². The summed E-state index contributed by atoms with van der Waals surface area (Å²) in [5.41, 5.74) is 1.81. The molecule has 12 nitrogen and oxygen atoms in total. The second-order valence-electron chi connectivity index (χ2n) is 10.1. The van der Waals surface area contributed by atoms with Crippen LogP contribution in [0.25, 0.3) is 10.9 Å². The molecule has 43 heavy (non-hydrogen) atoms. The summed E-state index contributed by atoms with van der Waals surface area (Å²) in [6.07, 6.45) is 0.855. The topological polar surface area (TPSA) is 153 Å². The van der Waals surface area contributed by atoms with Crippen LogP contribution in [-0.4, -0.2) is 73.7 Å². The summed E-state index contributed by atoms with van der Waals surface area (Å²) in [7, 11) is -1.73. The van der Waals surface area contributed by atoms with Crippen LogP contribution in [0.4, 0.5) is 22.0 Å². The molecule has 0 radical (unpaired) electrons. The Labute approximate surface area is 247 Å². The fourth-order valence-electron chi connectivity index (χ4n) is 4.87. The zero-order chi connectivity index (χ0) is 30.0. The van der Waals surface area contributed by atoms with Gasteiger partial charge in [-0.1, -0.05) is 18.2 Å². The number of ether oxygens (including phenoxy) is 1. The number of amides is 2. The minimum Gasteiger partial charge on any atom is -0.393 e. The van der Waals surface area contributed by atoms with Crippen molar-refractivity contribution in [3.05, 3.63) is 90.6 Å². The van der Waals surface area contributed by atoms with E-state index in [0.717, 1.165) is 31.9 Å². The average molecular weight is 600 g/mol. The Bertz CT molecular complexity index is 1880. The number of carbonyl (C=O) groups is 2. The summed E-state index contributed by atoms with van der Waals surface area (Å²) in [5, 5.41) is 12.9. The number of anilines is 3. The summed E-state index contributed by atoms with van der Waals surface area (Å²) < 4.78 is 31.7. The highest BCUT2D eigenvalue weighted by atomic mass is 32.2. The highest BCUT2D eigenvalue weighted by molar-refractivity contribution is 7.91. The van der Waals surface area contributed by atoms with Crippen LogP contribution in [0.2, 0.25) is 0 Å². The maximum absolute atomic E-state index is 13.6. The Morgan fingerprint density at radius 1 is 0.884 bits per heavy atom. The number of piperazine rings is 1. The van der Waals surface area contributed by atoms with Gasteiger partial charge >= 0.3 is 6.09 Å². The predicted octanol–water partition coefficient (Wildman–Crippen LogP) is 4.34. The molecule has 0 aliphatic carbocycles. The maximum atomic E-state index is 13.6. The van der Waals surface area contributed by atoms with Crippen molar-refractivity contribution in [1.82, 2.24) is 20.1 Å². The Hall–Kier alpha value is -5.14. The van der Waals surface area contributed by atoms with Gasteiger partial charge in [0.1, 0.15) is 0 Å². The van der Waals surface area contributed by atoms with Gasteiger partial charge in [-0.15, -0.1) is 0 Å². The normalized spacial score (nSPS) is 14.0. The molecule has 6 rings (SSSR count). The molecule has 1 fully saturated rings. The number of H-pyrrole nitrogens is 2. The minimum absolute atomic E-state index is 0.0639. The van der Waals surface area contributed by atoms with Gasteiger partial charge in [0.2, 0.25) is 15.7 Å². The number of aromatic nitrogens is 3. The molecule has 5 aromatic rings. The molecule has 2 amide bonds. The van der Waals surface area contributed by atoms with Gasteiger partial charge in [-0.2, -0.15) is 5.10 Å². The lowest BCUT2D eigenvalue weighted by molar-refractivity contribution is 0.102. The minimum atomic E-state index is -3.79. The van der Waals surface area contributed by atoms with E-state index in [2.05, 4.69) is 42.7 Å². The predicted molar refractivity (Wildman–Crippen MR) is 163 cm³/mol. The maximum Gasteiger partial charge on any atom is 0.418 e. The number of nitrogens with zero attached hydrogens (tertiary/aromatic N) is 3. The Morgan fingerprint density at radius 2 is 1.67 bits per heavy atom. The number of benzene rings is 3. The molecule has 0 atom stereocenters. The third-order valence-corrected chi connectivity index (χ3v) is 9.02. The molecule has 1 saturated heterocycles. The molecule has 220 valence electrons. The number of hydrogen-bond donors (Lipinski definition) is 4. The molecule has 0 bridgehead atoms. The molecule has 1 aliphatic heterocycles. The van der Waals surface area contributed by atoms with Gasteiger partial charge in [0.25, 0.3) is 5.91 Å². The lowest BCUT2D eigenvalue weighted by atomic mass is 10.1. The van der Waals surface area contributed by atoms with Crippen molar-refractivity contribution < 1.29 is 22.7 Å². The lowest BCUT2D eigenvalue weighted by Crippen LogP contribution is -2.44. The standard InChI is InChI=1S/C30H29N7O5S/c1-36-14-16-37(17-15-36)20-9-11-23(26(18-20)32-30(39)42-27-8-5-13-31-27)29(38)33-28-24-19-22(10-12-25(24)34-35-28)43(40,41)21-6-3-2-4-7-21/h2-13,18-19,31H,14-17H2,1H3,(H,32,39)(H2,33,34,35,38). The van der Waals surface area contributed by atoms with E-state index in [0.29, 0.717) is 10.9 Å². The monoisotopic (exact) mass is 599 g/mol. The number of nitrogens with one attached hydrogen (secondary N) is 4. The molecule has 0 unspecified atom stereocenters. The average Bonchev–Trinajstić information content (AvgIpc) is 3.67. The van der Waals surface area contributed by atoms with E-state index in [1.807, 2.05) is 6.07 Å². The quantitative estimate of drug-likeness (QED) is 0.216. The Morgan fingerprint density at radius 3 is 2.42 bits per heavy atom. The van der Waals surface area contributed by atoms with Crippen LogP contribution in [0.5, 0.6) is 5.88 Å². The van der Waals surface area contributed by atoms with Gasteiger partial charge < -0.3 is 24.8 Å². The van der Waals surface area contributed by atoms with E-state index >= 15 is 0 Å². The van der Waals surface area contributed by atoms with E-state index in [1.54, 1.807) is 54.7 Å². The van der Waals surface area contributed by atoms with Crippen molar-refractivity contribution in [3.63, 3.8) is 0 Å². The van der Waals surface area contributed by atoms with Crippen LogP contribution in [-0.2, 0) is 9.84 Å². The number of rotatable bonds is 7. The first-order chi connectivity index (χ1) is 20.8. The first-order valence-corrected chi connectivity index (χ1v) is 15.1. The summed E-state index contributed by atoms with van der Waals surface area (Å²) in [6.45, 7) is 3.35. The smallest absolute Gasteiger partial charge is 0.393 e. The highest BCUT2D eigenvalue weighted by Gasteiger charge is 2.23. The summed E-state index contributed by atoms with van der Waals surface area (Å²) >= 11 is 0. The highest BCUT2D eigenvalue weighted by Crippen LogP contribution is 2.30. The van der Waals surface area contributed by atoms with Crippen LogP contribution in [0, 0.1) is 0 Å². The zero-order valence-electron chi connectivity index (χ0n) is 23.2. The first-order valence-electron chi connectivity index (χ1n) is 13.6. The lowest BCUT2D eigenvalue weighted by Gasteiger charge is -2.34. The van der Waals surface area contributed by atoms with Gasteiger partial charge in [0, 0.05) is 49.5 Å². The third kappa shape index (κ3) is 5.94. The number of hydrogen-bond acceptors (Lipinski definition) is 8. The number of sulfone groups is 1. The molecule has 0 saturated carbocycles. The fraction of sp³-hybridized carbons (Fsp3) is 0.167. The molecule has 2 aromatic heterocycles. The van der Waals surface area contributed by atoms with E-state index in [1.165, 1.54) is 24.3 Å². The second kappa shape index (κ2) is 11.6. The van der Waals surface area contributed by atoms with Crippen molar-refractivity contribution in [1.29, 1.82) is 0 Å². The van der Waals surface area contributed by atoms with Crippen molar-refractivity contribution in [2.24, 2.45) is 0 Å². The number of likely N-dealkylation sites (N-methyl/N-ethyl adjacent to an activating group) is 1. The SMILES string of the molecule is CN1CCN(c2ccc(C(=O)Nc3n[nH]c4ccc(S(=O)(=O)c5ccccc5)cc34)c(NC(=O)Oc3ccc[nH]3)c2)CC1. The van der Waals surface area contributed by atoms with Crippen molar-refractivity contribution in [2.75, 3.05) is 48.8 Å². The van der Waals surface area contributed by atoms with Gasteiger partial charge in [0.15, 0.2) is 5.82 Å². The summed E-state index contributed by atoms with van der Waals surface area (Å²) in [5.74, 6) is -0.152. The van der Waals surface area contributed by atoms with Crippen LogP contribution >= 0.6 is 0 Å². The second-order valence-corrected chi connectivity index (χ2v) is 12.1. The Kier molecular flexibility index (Phi) is 7.57. The van der Waals surface area contributed by atoms with Crippen molar-refractivity contribution in [2.45, 2.75) is 9.79 Å². The molecule has 0 spiro atoms. The van der Waals surface area contributed by atoms with Crippen molar-refractivity contribution in [3.8, 4) is 5.88 Å². The Balaban J connectivity index is 1.30. The van der Waals surface area contributed by atoms with Gasteiger partial charge in [0.05, 0.1) is 26.6 Å². The van der Waals surface area contributed by atoms with Gasteiger partial charge in [-0.25, -0.2) is 13.2 Å². The number of carbonyl (C=O) groups excluding carboxylic acids is 2. The third-order valence-electron chi connectivity index (χ3n) is 7.26. The fourth-order valence-corrected chi connectivity index (χ4v) is 6.18. The van der Waals surface area contributed by atoms with Crippen LogP contribution in [0.15, 0.2) is 94.9 Å². The molecule has 13 heteroatoms.